The number of hydrogen-bond donors (Lipinski definition) is 3. The number of carbonyl (C=O) groups excluding carboxylic acids is 3. The van der Waals surface area contributed by atoms with Crippen molar-refractivity contribution >= 4 is 40.8 Å². The summed E-state index contributed by atoms with van der Waals surface area (Å²) >= 11 is 0. The van der Waals surface area contributed by atoms with Gasteiger partial charge in [-0.3, -0.25) is 14.4 Å². The second-order valence-electron chi connectivity index (χ2n) is 9.25. The molecule has 0 fully saturated rings. The molecule has 0 spiro atoms. The number of methoxy groups -OCH3 is 1. The quantitative estimate of drug-likeness (QED) is 0.338. The Kier molecular flexibility index (Phi) is 9.74. The third-order valence-corrected chi connectivity index (χ3v) is 5.63. The summed E-state index contributed by atoms with van der Waals surface area (Å²) < 4.78 is 6.04. The standard InChI is InChI=1S/C27H33N7O5/c1-17(2)15-18-12-13-28-24-23(18)31-21(32-24)16-34-14-8-10-20(26(34)37)29-25(36)19(30-27(38)39-5)9-6-7-11-22(35)33(3)4/h7-8,10-15,19H,6,9,16H2,1-5H3,(H,29,36)(H,30,38)(H,28,31,32)/b11-7+. The summed E-state index contributed by atoms with van der Waals surface area (Å²) in [6, 6.07) is 3.99. The fourth-order valence-electron chi connectivity index (χ4n) is 3.69. The Morgan fingerprint density at radius 2 is 2.00 bits per heavy atom. The number of hydrogen-bond acceptors (Lipinski definition) is 7. The monoisotopic (exact) mass is 535 g/mol. The fraction of sp³-hybridized carbons (Fsp3) is 0.333. The molecule has 0 saturated carbocycles. The summed E-state index contributed by atoms with van der Waals surface area (Å²) in [5.74, 6) is -0.265. The number of fused-ring (bicyclic) bond motifs is 1. The van der Waals surface area contributed by atoms with Crippen molar-refractivity contribution in [3.05, 3.63) is 70.1 Å². The highest BCUT2D eigenvalue weighted by atomic mass is 16.5. The van der Waals surface area contributed by atoms with Crippen molar-refractivity contribution < 1.29 is 19.1 Å². The van der Waals surface area contributed by atoms with Gasteiger partial charge in [0.05, 0.1) is 19.2 Å². The number of pyridine rings is 2. The largest absolute Gasteiger partial charge is 0.453 e. The number of imidazole rings is 1. The highest BCUT2D eigenvalue weighted by molar-refractivity contribution is 5.96. The van der Waals surface area contributed by atoms with Gasteiger partial charge in [0.1, 0.15) is 17.6 Å². The number of H-pyrrole nitrogens is 1. The van der Waals surface area contributed by atoms with Crippen LogP contribution in [0, 0.1) is 0 Å². The second kappa shape index (κ2) is 13.2. The van der Waals surface area contributed by atoms with Crippen molar-refractivity contribution in [1.29, 1.82) is 0 Å². The Morgan fingerprint density at radius 3 is 2.69 bits per heavy atom. The van der Waals surface area contributed by atoms with Crippen LogP contribution in [0.2, 0.25) is 0 Å². The molecule has 12 nitrogen and oxygen atoms in total. The molecule has 0 bridgehead atoms. The third-order valence-electron chi connectivity index (χ3n) is 5.63. The Balaban J connectivity index is 1.77. The molecule has 3 heterocycles. The summed E-state index contributed by atoms with van der Waals surface area (Å²) in [4.78, 5) is 63.1. The number of alkyl carbamates (subject to hydrolysis) is 1. The SMILES string of the molecule is COC(=O)NC(CC/C=C/C(=O)N(C)C)C(=O)Nc1cccn(Cc2nc3nccc(C=C(C)C)c3[nH]2)c1=O. The molecule has 3 amide bonds. The number of likely N-dealkylation sites (N-methyl/N-ethyl adjacent to an activating group) is 1. The van der Waals surface area contributed by atoms with Crippen LogP contribution < -0.4 is 16.2 Å². The molecule has 3 aromatic rings. The normalized spacial score (nSPS) is 11.7. The molecule has 12 heteroatoms. The molecule has 0 radical (unpaired) electrons. The summed E-state index contributed by atoms with van der Waals surface area (Å²) in [5.41, 5.74) is 2.96. The maximum Gasteiger partial charge on any atom is 0.407 e. The summed E-state index contributed by atoms with van der Waals surface area (Å²) in [6.07, 6.45) is 8.00. The van der Waals surface area contributed by atoms with Crippen LogP contribution in [-0.4, -0.2) is 69.6 Å². The zero-order valence-corrected chi connectivity index (χ0v) is 22.6. The lowest BCUT2D eigenvalue weighted by Crippen LogP contribution is -2.44. The number of nitrogens with zero attached hydrogens (tertiary/aromatic N) is 4. The summed E-state index contributed by atoms with van der Waals surface area (Å²) in [6.45, 7) is 4.12. The van der Waals surface area contributed by atoms with E-state index in [0.29, 0.717) is 17.9 Å². The van der Waals surface area contributed by atoms with Crippen molar-refractivity contribution in [3.8, 4) is 0 Å². The molecular formula is C27H33N7O5. The van der Waals surface area contributed by atoms with Gasteiger partial charge in [-0.1, -0.05) is 17.7 Å². The Labute approximate surface area is 225 Å². The average molecular weight is 536 g/mol. The number of amides is 3. The molecule has 0 aliphatic rings. The minimum Gasteiger partial charge on any atom is -0.453 e. The van der Waals surface area contributed by atoms with Gasteiger partial charge in [-0.2, -0.15) is 0 Å². The lowest BCUT2D eigenvalue weighted by molar-refractivity contribution is -0.123. The highest BCUT2D eigenvalue weighted by Gasteiger charge is 2.22. The fourth-order valence-corrected chi connectivity index (χ4v) is 3.69. The van der Waals surface area contributed by atoms with E-state index in [1.54, 1.807) is 38.6 Å². The molecular weight excluding hydrogens is 502 g/mol. The first-order valence-corrected chi connectivity index (χ1v) is 12.3. The Hall–Kier alpha value is -4.74. The highest BCUT2D eigenvalue weighted by Crippen LogP contribution is 2.17. The van der Waals surface area contributed by atoms with Crippen molar-refractivity contribution in [2.45, 2.75) is 39.3 Å². The summed E-state index contributed by atoms with van der Waals surface area (Å²) in [7, 11) is 4.44. The number of aromatic amines is 1. The van der Waals surface area contributed by atoms with Gasteiger partial charge in [0.15, 0.2) is 5.65 Å². The van der Waals surface area contributed by atoms with Crippen LogP contribution in [0.15, 0.2) is 53.1 Å². The van der Waals surface area contributed by atoms with Crippen molar-refractivity contribution in [2.24, 2.45) is 0 Å². The minimum atomic E-state index is -1.00. The van der Waals surface area contributed by atoms with Crippen LogP contribution in [0.5, 0.6) is 0 Å². The van der Waals surface area contributed by atoms with Crippen LogP contribution in [0.1, 0.15) is 38.1 Å². The number of nitrogens with one attached hydrogen (secondary N) is 3. The van der Waals surface area contributed by atoms with E-state index >= 15 is 0 Å². The predicted molar refractivity (Wildman–Crippen MR) is 148 cm³/mol. The number of carbonyl (C=O) groups is 3. The van der Waals surface area contributed by atoms with Crippen LogP contribution in [-0.2, 0) is 20.9 Å². The molecule has 3 aromatic heterocycles. The van der Waals surface area contributed by atoms with Gasteiger partial charge in [-0.15, -0.1) is 0 Å². The lowest BCUT2D eigenvalue weighted by Gasteiger charge is -2.17. The van der Waals surface area contributed by atoms with Crippen LogP contribution >= 0.6 is 0 Å². The van der Waals surface area contributed by atoms with Crippen molar-refractivity contribution in [1.82, 2.24) is 29.7 Å². The van der Waals surface area contributed by atoms with Crippen molar-refractivity contribution in [2.75, 3.05) is 26.5 Å². The zero-order valence-electron chi connectivity index (χ0n) is 22.6. The van der Waals surface area contributed by atoms with Gasteiger partial charge in [-0.25, -0.2) is 14.8 Å². The topological polar surface area (TPSA) is 151 Å². The first-order chi connectivity index (χ1) is 18.6. The molecule has 0 aliphatic heterocycles. The second-order valence-corrected chi connectivity index (χ2v) is 9.25. The molecule has 0 saturated heterocycles. The van der Waals surface area contributed by atoms with Gasteiger partial charge < -0.3 is 29.8 Å². The number of ether oxygens (including phenoxy) is 1. The Morgan fingerprint density at radius 1 is 1.23 bits per heavy atom. The van der Waals surface area contributed by atoms with E-state index in [9.17, 15) is 19.2 Å². The molecule has 206 valence electrons. The first-order valence-electron chi connectivity index (χ1n) is 12.3. The van der Waals surface area contributed by atoms with Crippen LogP contribution in [0.4, 0.5) is 10.5 Å². The smallest absolute Gasteiger partial charge is 0.407 e. The van der Waals surface area contributed by atoms with E-state index in [0.717, 1.165) is 16.7 Å². The number of allylic oxidation sites excluding steroid dienone is 2. The van der Waals surface area contributed by atoms with Gasteiger partial charge in [-0.05, 0) is 51.0 Å². The first kappa shape index (κ1) is 28.8. The minimum absolute atomic E-state index is 0.0389. The molecule has 0 aromatic carbocycles. The molecule has 1 unspecified atom stereocenters. The molecule has 0 aliphatic carbocycles. The van der Waals surface area contributed by atoms with Gasteiger partial charge in [0.2, 0.25) is 11.8 Å². The van der Waals surface area contributed by atoms with E-state index in [1.807, 2.05) is 26.0 Å². The maximum atomic E-state index is 13.2. The molecule has 3 N–H and O–H groups in total. The average Bonchev–Trinajstić information content (AvgIpc) is 3.31. The van der Waals surface area contributed by atoms with Gasteiger partial charge in [0, 0.05) is 32.1 Å². The van der Waals surface area contributed by atoms with Crippen molar-refractivity contribution in [3.63, 3.8) is 0 Å². The molecule has 39 heavy (non-hydrogen) atoms. The maximum absolute atomic E-state index is 13.2. The number of anilines is 1. The van der Waals surface area contributed by atoms with E-state index < -0.39 is 23.6 Å². The lowest BCUT2D eigenvalue weighted by atomic mass is 10.1. The molecule has 1 atom stereocenters. The van der Waals surface area contributed by atoms with E-state index in [2.05, 4.69) is 30.3 Å². The number of rotatable bonds is 10. The van der Waals surface area contributed by atoms with E-state index in [-0.39, 0.29) is 24.6 Å². The van der Waals surface area contributed by atoms with Crippen LogP contribution in [0.3, 0.4) is 0 Å². The Bertz CT molecular complexity index is 1460. The summed E-state index contributed by atoms with van der Waals surface area (Å²) in [5, 5.41) is 5.07. The van der Waals surface area contributed by atoms with Gasteiger partial charge in [0.25, 0.3) is 5.56 Å². The zero-order chi connectivity index (χ0) is 28.5. The molecule has 3 rings (SSSR count). The third kappa shape index (κ3) is 7.87. The van der Waals surface area contributed by atoms with Crippen LogP contribution in [0.25, 0.3) is 17.2 Å². The van der Waals surface area contributed by atoms with E-state index in [4.69, 9.17) is 0 Å². The van der Waals surface area contributed by atoms with E-state index in [1.165, 1.54) is 28.7 Å². The van der Waals surface area contributed by atoms with Gasteiger partial charge >= 0.3 is 6.09 Å². The number of aromatic nitrogens is 4. The predicted octanol–water partition coefficient (Wildman–Crippen LogP) is 2.68.